The van der Waals surface area contributed by atoms with Gasteiger partial charge in [0, 0.05) is 19.5 Å². The first-order chi connectivity index (χ1) is 8.06. The lowest BCUT2D eigenvalue weighted by Gasteiger charge is -2.10. The largest absolute Gasteiger partial charge is 0.370 e. The topological polar surface area (TPSA) is 120 Å². The van der Waals surface area contributed by atoms with Crippen LogP contribution in [-0.4, -0.2) is 31.5 Å². The maximum absolute atomic E-state index is 11.4. The molecule has 0 fully saturated rings. The minimum atomic E-state index is 0.0905. The molecule has 0 aliphatic rings. The Morgan fingerprint density at radius 2 is 2.06 bits per heavy atom. The molecule has 100 valence electrons. The summed E-state index contributed by atoms with van der Waals surface area (Å²) in [5, 5.41) is 2.84. The monoisotopic (exact) mass is 243 g/mol. The molecular formula is C11H25N5O. The van der Waals surface area contributed by atoms with Crippen molar-refractivity contribution < 1.29 is 4.79 Å². The van der Waals surface area contributed by atoms with E-state index in [4.69, 9.17) is 17.2 Å². The number of nitrogens with zero attached hydrogens (tertiary/aromatic N) is 1. The van der Waals surface area contributed by atoms with E-state index in [0.29, 0.717) is 32.0 Å². The van der Waals surface area contributed by atoms with Gasteiger partial charge >= 0.3 is 0 Å². The second kappa shape index (κ2) is 9.89. The molecule has 1 unspecified atom stereocenters. The second-order valence-corrected chi connectivity index (χ2v) is 4.25. The smallest absolute Gasteiger partial charge is 0.220 e. The summed E-state index contributed by atoms with van der Waals surface area (Å²) in [4.78, 5) is 15.3. The minimum Gasteiger partial charge on any atom is -0.370 e. The number of nitrogens with two attached hydrogens (primary N) is 3. The van der Waals surface area contributed by atoms with Crippen molar-refractivity contribution in [3.05, 3.63) is 0 Å². The maximum Gasteiger partial charge on any atom is 0.220 e. The van der Waals surface area contributed by atoms with Crippen LogP contribution >= 0.6 is 0 Å². The summed E-state index contributed by atoms with van der Waals surface area (Å²) in [7, 11) is 0. The van der Waals surface area contributed by atoms with Gasteiger partial charge < -0.3 is 22.5 Å². The molecule has 0 saturated heterocycles. The lowest BCUT2D eigenvalue weighted by Crippen LogP contribution is -2.27. The highest BCUT2D eigenvalue weighted by Crippen LogP contribution is 2.09. The molecular weight excluding hydrogens is 218 g/mol. The van der Waals surface area contributed by atoms with E-state index in [2.05, 4.69) is 17.2 Å². The fourth-order valence-electron chi connectivity index (χ4n) is 1.47. The summed E-state index contributed by atoms with van der Waals surface area (Å²) in [5.74, 6) is 0.562. The highest BCUT2D eigenvalue weighted by atomic mass is 16.1. The highest BCUT2D eigenvalue weighted by Gasteiger charge is 2.07. The van der Waals surface area contributed by atoms with Crippen LogP contribution in [0, 0.1) is 5.92 Å². The van der Waals surface area contributed by atoms with Crippen molar-refractivity contribution in [3.63, 3.8) is 0 Å². The Hall–Kier alpha value is -1.30. The zero-order chi connectivity index (χ0) is 13.1. The Kier molecular flexibility index (Phi) is 9.14. The van der Waals surface area contributed by atoms with Gasteiger partial charge in [0.2, 0.25) is 5.91 Å². The zero-order valence-corrected chi connectivity index (χ0v) is 10.6. The molecule has 1 atom stereocenters. The number of carbonyl (C=O) groups is 1. The Bertz CT molecular complexity index is 238. The molecule has 0 aromatic rings. The van der Waals surface area contributed by atoms with Gasteiger partial charge in [-0.25, -0.2) is 0 Å². The van der Waals surface area contributed by atoms with Crippen LogP contribution in [0.3, 0.4) is 0 Å². The van der Waals surface area contributed by atoms with Gasteiger partial charge in [0.1, 0.15) is 0 Å². The average Bonchev–Trinajstić information content (AvgIpc) is 2.24. The number of hydrogen-bond donors (Lipinski definition) is 4. The summed E-state index contributed by atoms with van der Waals surface area (Å²) < 4.78 is 0. The van der Waals surface area contributed by atoms with Gasteiger partial charge in [-0.05, 0) is 31.7 Å². The molecule has 1 amide bonds. The van der Waals surface area contributed by atoms with E-state index in [0.717, 1.165) is 19.3 Å². The van der Waals surface area contributed by atoms with Crippen molar-refractivity contribution in [2.24, 2.45) is 28.1 Å². The normalized spacial score (nSPS) is 11.9. The molecule has 0 saturated carbocycles. The van der Waals surface area contributed by atoms with Crippen LogP contribution in [0.2, 0.25) is 0 Å². The van der Waals surface area contributed by atoms with Gasteiger partial charge in [-0.2, -0.15) is 0 Å². The number of amides is 1. The molecule has 0 aromatic carbocycles. The number of rotatable bonds is 9. The average molecular weight is 243 g/mol. The van der Waals surface area contributed by atoms with Gasteiger partial charge in [-0.3, -0.25) is 9.79 Å². The highest BCUT2D eigenvalue weighted by molar-refractivity contribution is 5.76. The van der Waals surface area contributed by atoms with E-state index in [9.17, 15) is 4.79 Å². The van der Waals surface area contributed by atoms with Gasteiger partial charge in [0.25, 0.3) is 0 Å². The molecule has 0 rings (SSSR count). The second-order valence-electron chi connectivity index (χ2n) is 4.25. The molecule has 17 heavy (non-hydrogen) atoms. The molecule has 0 aliphatic heterocycles. The quantitative estimate of drug-likeness (QED) is 0.248. The fraction of sp³-hybridized carbons (Fsp3) is 0.818. The summed E-state index contributed by atoms with van der Waals surface area (Å²) in [5.41, 5.74) is 15.8. The summed E-state index contributed by atoms with van der Waals surface area (Å²) in [6.45, 7) is 3.95. The van der Waals surface area contributed by atoms with E-state index < -0.39 is 0 Å². The van der Waals surface area contributed by atoms with Crippen molar-refractivity contribution in [2.45, 2.75) is 32.6 Å². The van der Waals surface area contributed by atoms with Crippen LogP contribution in [0.4, 0.5) is 0 Å². The van der Waals surface area contributed by atoms with Gasteiger partial charge in [0.15, 0.2) is 5.96 Å². The molecule has 7 N–H and O–H groups in total. The van der Waals surface area contributed by atoms with E-state index in [-0.39, 0.29) is 11.9 Å². The minimum absolute atomic E-state index is 0.0905. The third-order valence-electron chi connectivity index (χ3n) is 2.39. The van der Waals surface area contributed by atoms with Crippen molar-refractivity contribution in [3.8, 4) is 0 Å². The maximum atomic E-state index is 11.4. The van der Waals surface area contributed by atoms with E-state index in [1.807, 2.05) is 0 Å². The van der Waals surface area contributed by atoms with Crippen LogP contribution in [-0.2, 0) is 4.79 Å². The Labute approximate surface area is 103 Å². The molecule has 0 bridgehead atoms. The van der Waals surface area contributed by atoms with Crippen molar-refractivity contribution in [1.82, 2.24) is 5.32 Å². The van der Waals surface area contributed by atoms with E-state index in [1.165, 1.54) is 0 Å². The van der Waals surface area contributed by atoms with Crippen molar-refractivity contribution in [2.75, 3.05) is 19.6 Å². The van der Waals surface area contributed by atoms with E-state index in [1.54, 1.807) is 0 Å². The zero-order valence-electron chi connectivity index (χ0n) is 10.6. The first kappa shape index (κ1) is 15.7. The van der Waals surface area contributed by atoms with Crippen LogP contribution in [0.1, 0.15) is 32.6 Å². The molecule has 0 aliphatic carbocycles. The lowest BCUT2D eigenvalue weighted by atomic mass is 10.0. The predicted octanol–water partition coefficient (Wildman–Crippen LogP) is -0.469. The Balaban J connectivity index is 3.53. The first-order valence-corrected chi connectivity index (χ1v) is 6.08. The Morgan fingerprint density at radius 3 is 2.65 bits per heavy atom. The van der Waals surface area contributed by atoms with Gasteiger partial charge in [-0.15, -0.1) is 0 Å². The van der Waals surface area contributed by atoms with E-state index >= 15 is 0 Å². The molecule has 0 aromatic heterocycles. The molecule has 6 nitrogen and oxygen atoms in total. The van der Waals surface area contributed by atoms with Crippen molar-refractivity contribution >= 4 is 11.9 Å². The molecule has 6 heteroatoms. The van der Waals surface area contributed by atoms with Gasteiger partial charge in [-0.1, -0.05) is 6.92 Å². The molecule has 0 radical (unpaired) electrons. The number of hydrogen-bond acceptors (Lipinski definition) is 3. The van der Waals surface area contributed by atoms with Crippen LogP contribution in [0.25, 0.3) is 0 Å². The predicted molar refractivity (Wildman–Crippen MR) is 70.4 cm³/mol. The number of aliphatic imine (C=N–C) groups is 1. The lowest BCUT2D eigenvalue weighted by molar-refractivity contribution is -0.121. The third kappa shape index (κ3) is 11.0. The van der Waals surface area contributed by atoms with Crippen LogP contribution < -0.4 is 22.5 Å². The number of guanidine groups is 1. The fourth-order valence-corrected chi connectivity index (χ4v) is 1.47. The summed E-state index contributed by atoms with van der Waals surface area (Å²) >= 11 is 0. The standard InChI is InChI=1S/C11H25N5O/c1-9(4-2-6-16-11(13)14)8-10(17)15-7-3-5-12/h9H,2-8,12H2,1H3,(H,15,17)(H4,13,14,16). The molecule has 0 spiro atoms. The van der Waals surface area contributed by atoms with Gasteiger partial charge in [0.05, 0.1) is 0 Å². The SMILES string of the molecule is CC(CCCN=C(N)N)CC(=O)NCCCN. The van der Waals surface area contributed by atoms with Crippen LogP contribution in [0.5, 0.6) is 0 Å². The summed E-state index contributed by atoms with van der Waals surface area (Å²) in [6.07, 6.45) is 3.22. The first-order valence-electron chi connectivity index (χ1n) is 6.08. The molecule has 0 heterocycles. The third-order valence-corrected chi connectivity index (χ3v) is 2.39. The number of carbonyl (C=O) groups excluding carboxylic acids is 1. The van der Waals surface area contributed by atoms with Crippen molar-refractivity contribution in [1.29, 1.82) is 0 Å². The summed E-state index contributed by atoms with van der Waals surface area (Å²) in [6, 6.07) is 0. The Morgan fingerprint density at radius 1 is 1.35 bits per heavy atom. The number of nitrogens with one attached hydrogen (secondary N) is 1. The van der Waals surface area contributed by atoms with Crippen LogP contribution in [0.15, 0.2) is 4.99 Å².